The molecule has 4 aromatic rings. The van der Waals surface area contributed by atoms with E-state index in [1.54, 1.807) is 24.3 Å². The maximum atomic E-state index is 13.3. The molecule has 0 aliphatic rings. The third-order valence-corrected chi connectivity index (χ3v) is 4.52. The summed E-state index contributed by atoms with van der Waals surface area (Å²) >= 11 is 0. The predicted molar refractivity (Wildman–Crippen MR) is 102 cm³/mol. The van der Waals surface area contributed by atoms with Crippen LogP contribution in [0.2, 0.25) is 0 Å². The van der Waals surface area contributed by atoms with Crippen LogP contribution in [0.4, 0.5) is 19.0 Å². The molecule has 0 aliphatic heterocycles. The number of alkyl halides is 3. The third kappa shape index (κ3) is 3.37. The van der Waals surface area contributed by atoms with Gasteiger partial charge in [0.15, 0.2) is 0 Å². The molecule has 0 bridgehead atoms. The zero-order valence-electron chi connectivity index (χ0n) is 15.2. The van der Waals surface area contributed by atoms with E-state index in [2.05, 4.69) is 25.3 Å². The summed E-state index contributed by atoms with van der Waals surface area (Å²) in [7, 11) is 0. The summed E-state index contributed by atoms with van der Waals surface area (Å²) in [6.07, 6.45) is -4.63. The van der Waals surface area contributed by atoms with Crippen LogP contribution in [0.25, 0.3) is 21.9 Å². The zero-order valence-corrected chi connectivity index (χ0v) is 15.2. The Kier molecular flexibility index (Phi) is 4.41. The first kappa shape index (κ1) is 18.2. The van der Waals surface area contributed by atoms with E-state index in [9.17, 15) is 13.2 Å². The average molecular weight is 385 g/mol. The summed E-state index contributed by atoms with van der Waals surface area (Å²) in [4.78, 5) is 15.3. The molecule has 4 rings (SSSR count). The van der Waals surface area contributed by atoms with E-state index < -0.39 is 12.0 Å². The number of para-hydroxylation sites is 3. The maximum absolute atomic E-state index is 13.3. The summed E-state index contributed by atoms with van der Waals surface area (Å²) in [6, 6.07) is 13.9. The van der Waals surface area contributed by atoms with Gasteiger partial charge in [0.05, 0.1) is 22.6 Å². The standard InChI is InChI=1S/C20H18F3N5/c1-11(2)16(18-24-14-9-5-6-10-15(14)25-18)27-17-12-7-3-4-8-13(12)26-19(28-17)20(21,22)23/h3-11,16H,1-2H3,(H,24,25)(H,26,27,28)/t16-/m0/s1. The Morgan fingerprint density at radius 2 is 1.57 bits per heavy atom. The van der Waals surface area contributed by atoms with Crippen LogP contribution >= 0.6 is 0 Å². The lowest BCUT2D eigenvalue weighted by Crippen LogP contribution is -2.21. The van der Waals surface area contributed by atoms with Crippen LogP contribution in [0.15, 0.2) is 48.5 Å². The van der Waals surface area contributed by atoms with Crippen LogP contribution in [-0.4, -0.2) is 19.9 Å². The molecule has 0 spiro atoms. The minimum absolute atomic E-state index is 0.0450. The number of rotatable bonds is 4. The molecule has 0 saturated carbocycles. The van der Waals surface area contributed by atoms with Crippen molar-refractivity contribution in [3.05, 3.63) is 60.2 Å². The van der Waals surface area contributed by atoms with Crippen LogP contribution in [0.3, 0.4) is 0 Å². The summed E-state index contributed by atoms with van der Waals surface area (Å²) in [5.41, 5.74) is 1.90. The molecule has 0 unspecified atom stereocenters. The van der Waals surface area contributed by atoms with E-state index in [0.29, 0.717) is 11.2 Å². The molecule has 1 atom stereocenters. The lowest BCUT2D eigenvalue weighted by molar-refractivity contribution is -0.144. The van der Waals surface area contributed by atoms with E-state index in [1.165, 1.54) is 0 Å². The Morgan fingerprint density at radius 3 is 2.25 bits per heavy atom. The SMILES string of the molecule is CC(C)[C@H](Nc1nc(C(F)(F)F)nc2ccccc12)c1nc2ccccc2[nH]1. The van der Waals surface area contributed by atoms with Crippen molar-refractivity contribution in [2.45, 2.75) is 26.1 Å². The van der Waals surface area contributed by atoms with Gasteiger partial charge in [0.2, 0.25) is 5.82 Å². The first-order chi connectivity index (χ1) is 13.3. The van der Waals surface area contributed by atoms with E-state index in [1.807, 2.05) is 38.1 Å². The van der Waals surface area contributed by atoms with Crippen molar-refractivity contribution in [1.29, 1.82) is 0 Å². The summed E-state index contributed by atoms with van der Waals surface area (Å²) < 4.78 is 39.8. The Bertz CT molecular complexity index is 1100. The lowest BCUT2D eigenvalue weighted by atomic mass is 10.0. The molecule has 144 valence electrons. The first-order valence-electron chi connectivity index (χ1n) is 8.88. The van der Waals surface area contributed by atoms with Crippen LogP contribution in [0.5, 0.6) is 0 Å². The topological polar surface area (TPSA) is 66.5 Å². The minimum atomic E-state index is -4.63. The second-order valence-corrected chi connectivity index (χ2v) is 6.92. The number of halogens is 3. The normalized spacial score (nSPS) is 13.4. The van der Waals surface area contributed by atoms with Crippen molar-refractivity contribution >= 4 is 27.8 Å². The molecule has 0 radical (unpaired) electrons. The average Bonchev–Trinajstić information content (AvgIpc) is 3.08. The monoisotopic (exact) mass is 385 g/mol. The van der Waals surface area contributed by atoms with Gasteiger partial charge < -0.3 is 10.3 Å². The Balaban J connectivity index is 1.81. The maximum Gasteiger partial charge on any atom is 0.451 e. The number of anilines is 1. The number of aromatic nitrogens is 4. The Morgan fingerprint density at radius 1 is 0.893 bits per heavy atom. The first-order valence-corrected chi connectivity index (χ1v) is 8.88. The highest BCUT2D eigenvalue weighted by atomic mass is 19.4. The highest BCUT2D eigenvalue weighted by Crippen LogP contribution is 2.33. The van der Waals surface area contributed by atoms with Gasteiger partial charge in [-0.2, -0.15) is 13.2 Å². The van der Waals surface area contributed by atoms with E-state index in [4.69, 9.17) is 0 Å². The van der Waals surface area contributed by atoms with Crippen molar-refractivity contribution in [2.75, 3.05) is 5.32 Å². The van der Waals surface area contributed by atoms with Crippen LogP contribution in [-0.2, 0) is 6.18 Å². The molecular weight excluding hydrogens is 367 g/mol. The molecule has 8 heteroatoms. The minimum Gasteiger partial charge on any atom is -0.359 e. The number of nitrogens with one attached hydrogen (secondary N) is 2. The zero-order chi connectivity index (χ0) is 19.9. The van der Waals surface area contributed by atoms with E-state index in [-0.39, 0.29) is 23.3 Å². The second kappa shape index (κ2) is 6.78. The number of aromatic amines is 1. The van der Waals surface area contributed by atoms with Crippen molar-refractivity contribution in [3.8, 4) is 0 Å². The lowest BCUT2D eigenvalue weighted by Gasteiger charge is -2.22. The summed E-state index contributed by atoms with van der Waals surface area (Å²) in [5.74, 6) is -0.339. The van der Waals surface area contributed by atoms with Crippen molar-refractivity contribution in [2.24, 2.45) is 5.92 Å². The Labute approximate surface area is 159 Å². The molecule has 5 nitrogen and oxygen atoms in total. The fraction of sp³-hybridized carbons (Fsp3) is 0.250. The van der Waals surface area contributed by atoms with Crippen molar-refractivity contribution < 1.29 is 13.2 Å². The summed E-state index contributed by atoms with van der Waals surface area (Å²) in [5, 5.41) is 3.69. The molecular formula is C20H18F3N5. The Hall–Kier alpha value is -3.16. The predicted octanol–water partition coefficient (Wildman–Crippen LogP) is 5.33. The van der Waals surface area contributed by atoms with E-state index >= 15 is 0 Å². The van der Waals surface area contributed by atoms with Gasteiger partial charge in [-0.15, -0.1) is 0 Å². The highest BCUT2D eigenvalue weighted by Gasteiger charge is 2.36. The quantitative estimate of drug-likeness (QED) is 0.498. The van der Waals surface area contributed by atoms with Gasteiger partial charge in [-0.1, -0.05) is 38.1 Å². The number of H-pyrrole nitrogens is 1. The van der Waals surface area contributed by atoms with Gasteiger partial charge >= 0.3 is 6.18 Å². The number of benzene rings is 2. The number of nitrogens with zero attached hydrogens (tertiary/aromatic N) is 3. The third-order valence-electron chi connectivity index (χ3n) is 4.52. The van der Waals surface area contributed by atoms with Gasteiger partial charge in [0.1, 0.15) is 11.6 Å². The second-order valence-electron chi connectivity index (χ2n) is 6.92. The van der Waals surface area contributed by atoms with Crippen LogP contribution in [0.1, 0.15) is 31.5 Å². The number of imidazole rings is 1. The fourth-order valence-electron chi connectivity index (χ4n) is 3.13. The van der Waals surface area contributed by atoms with Gasteiger partial charge in [0.25, 0.3) is 0 Å². The van der Waals surface area contributed by atoms with Crippen LogP contribution in [0, 0.1) is 5.92 Å². The number of fused-ring (bicyclic) bond motifs is 2. The number of hydrogen-bond acceptors (Lipinski definition) is 4. The largest absolute Gasteiger partial charge is 0.451 e. The highest BCUT2D eigenvalue weighted by molar-refractivity contribution is 5.89. The van der Waals surface area contributed by atoms with E-state index in [0.717, 1.165) is 11.0 Å². The molecule has 2 heterocycles. The van der Waals surface area contributed by atoms with Gasteiger partial charge in [-0.05, 0) is 30.2 Å². The van der Waals surface area contributed by atoms with Crippen molar-refractivity contribution in [3.63, 3.8) is 0 Å². The molecule has 0 amide bonds. The molecule has 2 aromatic heterocycles. The van der Waals surface area contributed by atoms with Gasteiger partial charge in [0, 0.05) is 5.39 Å². The van der Waals surface area contributed by atoms with Crippen molar-refractivity contribution in [1.82, 2.24) is 19.9 Å². The van der Waals surface area contributed by atoms with Crippen LogP contribution < -0.4 is 5.32 Å². The molecule has 28 heavy (non-hydrogen) atoms. The fourth-order valence-corrected chi connectivity index (χ4v) is 3.13. The molecule has 0 saturated heterocycles. The molecule has 2 N–H and O–H groups in total. The molecule has 0 fully saturated rings. The smallest absolute Gasteiger partial charge is 0.359 e. The summed E-state index contributed by atoms with van der Waals surface area (Å²) in [6.45, 7) is 3.94. The molecule has 2 aromatic carbocycles. The molecule has 0 aliphatic carbocycles. The van der Waals surface area contributed by atoms with Gasteiger partial charge in [-0.25, -0.2) is 15.0 Å². The van der Waals surface area contributed by atoms with Gasteiger partial charge in [-0.3, -0.25) is 0 Å². The number of hydrogen-bond donors (Lipinski definition) is 2.